The largest absolute Gasteiger partial charge is 0.436 e. The average Bonchev–Trinajstić information content (AvgIpc) is 2.41. The third-order valence-electron chi connectivity index (χ3n) is 2.58. The van der Waals surface area contributed by atoms with Crippen LogP contribution in [0.15, 0.2) is 36.5 Å². The monoisotopic (exact) mass is 278 g/mol. The van der Waals surface area contributed by atoms with Crippen molar-refractivity contribution in [2.24, 2.45) is 0 Å². The van der Waals surface area contributed by atoms with Gasteiger partial charge < -0.3 is 9.84 Å². The van der Waals surface area contributed by atoms with Crippen molar-refractivity contribution >= 4 is 5.69 Å². The Morgan fingerprint density at radius 3 is 2.80 bits per heavy atom. The molecule has 0 bridgehead atoms. The molecule has 1 heterocycles. The molecule has 2 aromatic rings. The van der Waals surface area contributed by atoms with Crippen LogP contribution in [0.1, 0.15) is 18.6 Å². The van der Waals surface area contributed by atoms with Crippen molar-refractivity contribution in [3.63, 3.8) is 0 Å². The lowest BCUT2D eigenvalue weighted by Crippen LogP contribution is -1.99. The molecule has 0 aliphatic rings. The summed E-state index contributed by atoms with van der Waals surface area (Å²) in [4.78, 5) is 13.7. The number of nitrogens with zero attached hydrogens (tertiary/aromatic N) is 2. The molecule has 20 heavy (non-hydrogen) atoms. The van der Waals surface area contributed by atoms with E-state index in [0.29, 0.717) is 5.56 Å². The zero-order valence-electron chi connectivity index (χ0n) is 10.5. The first-order chi connectivity index (χ1) is 9.49. The van der Waals surface area contributed by atoms with Crippen LogP contribution in [0, 0.1) is 15.9 Å². The van der Waals surface area contributed by atoms with Crippen LogP contribution in [0.2, 0.25) is 0 Å². The number of nitro benzene ring substituents is 1. The van der Waals surface area contributed by atoms with E-state index in [1.54, 1.807) is 12.1 Å². The highest BCUT2D eigenvalue weighted by atomic mass is 19.1. The standard InChI is InChI=1S/C13H11FN2O4/c1-8(17)10-3-2-6-15-13(10)20-12-5-4-9(16(18)19)7-11(12)14/h2-8,17H,1H3/t8-/m0/s1. The molecule has 1 aromatic carbocycles. The summed E-state index contributed by atoms with van der Waals surface area (Å²) in [6.07, 6.45) is 0.602. The lowest BCUT2D eigenvalue weighted by atomic mass is 10.2. The Balaban J connectivity index is 2.33. The van der Waals surface area contributed by atoms with Crippen LogP contribution in [0.25, 0.3) is 0 Å². The summed E-state index contributed by atoms with van der Waals surface area (Å²) in [5, 5.41) is 20.1. The van der Waals surface area contributed by atoms with Crippen molar-refractivity contribution in [3.8, 4) is 11.6 Å². The predicted octanol–water partition coefficient (Wildman–Crippen LogP) is 2.97. The summed E-state index contributed by atoms with van der Waals surface area (Å²) in [6, 6.07) is 6.25. The number of aliphatic hydroxyl groups excluding tert-OH is 1. The molecule has 1 N–H and O–H groups in total. The van der Waals surface area contributed by atoms with E-state index in [-0.39, 0.29) is 17.3 Å². The zero-order chi connectivity index (χ0) is 14.7. The van der Waals surface area contributed by atoms with Crippen molar-refractivity contribution in [2.75, 3.05) is 0 Å². The van der Waals surface area contributed by atoms with Gasteiger partial charge in [-0.05, 0) is 25.1 Å². The van der Waals surface area contributed by atoms with E-state index in [1.807, 2.05) is 0 Å². The maximum atomic E-state index is 13.7. The fourth-order valence-corrected chi connectivity index (χ4v) is 1.60. The number of aliphatic hydroxyl groups is 1. The Bertz CT molecular complexity index is 646. The molecule has 1 atom stereocenters. The molecule has 0 aliphatic heterocycles. The number of hydrogen-bond donors (Lipinski definition) is 1. The summed E-state index contributed by atoms with van der Waals surface area (Å²) in [6.45, 7) is 1.52. The van der Waals surface area contributed by atoms with Gasteiger partial charge in [-0.2, -0.15) is 0 Å². The minimum Gasteiger partial charge on any atom is -0.436 e. The molecule has 0 amide bonds. The molecule has 7 heteroatoms. The van der Waals surface area contributed by atoms with Gasteiger partial charge in [-0.15, -0.1) is 0 Å². The van der Waals surface area contributed by atoms with Gasteiger partial charge in [-0.3, -0.25) is 10.1 Å². The second-order valence-corrected chi connectivity index (χ2v) is 4.05. The number of pyridine rings is 1. The highest BCUT2D eigenvalue weighted by Gasteiger charge is 2.15. The molecule has 0 radical (unpaired) electrons. The number of benzene rings is 1. The first-order valence-corrected chi connectivity index (χ1v) is 5.74. The van der Waals surface area contributed by atoms with E-state index in [4.69, 9.17) is 4.74 Å². The molecule has 0 unspecified atom stereocenters. The smallest absolute Gasteiger partial charge is 0.272 e. The van der Waals surface area contributed by atoms with Gasteiger partial charge in [-0.1, -0.05) is 0 Å². The molecule has 1 aromatic heterocycles. The molecule has 0 saturated carbocycles. The summed E-state index contributed by atoms with van der Waals surface area (Å²) in [7, 11) is 0. The summed E-state index contributed by atoms with van der Waals surface area (Å²) in [5.41, 5.74) is 0.0249. The molecule has 2 rings (SSSR count). The van der Waals surface area contributed by atoms with E-state index >= 15 is 0 Å². The fraction of sp³-hybridized carbons (Fsp3) is 0.154. The van der Waals surface area contributed by atoms with Crippen LogP contribution in [-0.2, 0) is 0 Å². The van der Waals surface area contributed by atoms with Gasteiger partial charge in [0, 0.05) is 17.8 Å². The Kier molecular flexibility index (Phi) is 3.90. The molecule has 0 saturated heterocycles. The SMILES string of the molecule is C[C@H](O)c1cccnc1Oc1ccc([N+](=O)[O-])cc1F. The van der Waals surface area contributed by atoms with Crippen molar-refractivity contribution in [3.05, 3.63) is 58.0 Å². The maximum Gasteiger partial charge on any atom is 0.272 e. The van der Waals surface area contributed by atoms with Crippen LogP contribution < -0.4 is 4.74 Å². The number of rotatable bonds is 4. The van der Waals surface area contributed by atoms with Crippen LogP contribution in [0.5, 0.6) is 11.6 Å². The normalized spacial score (nSPS) is 11.9. The van der Waals surface area contributed by atoms with Crippen molar-refractivity contribution < 1.29 is 19.2 Å². The van der Waals surface area contributed by atoms with E-state index in [9.17, 15) is 19.6 Å². The molecule has 0 aliphatic carbocycles. The molecule has 0 spiro atoms. The Morgan fingerprint density at radius 2 is 2.20 bits per heavy atom. The molecule has 104 valence electrons. The van der Waals surface area contributed by atoms with Crippen molar-refractivity contribution in [2.45, 2.75) is 13.0 Å². The lowest BCUT2D eigenvalue weighted by Gasteiger charge is -2.11. The van der Waals surface area contributed by atoms with Gasteiger partial charge in [0.15, 0.2) is 11.6 Å². The molecular formula is C13H11FN2O4. The van der Waals surface area contributed by atoms with Gasteiger partial charge in [0.05, 0.1) is 17.1 Å². The number of non-ortho nitro benzene ring substituents is 1. The van der Waals surface area contributed by atoms with Gasteiger partial charge in [0.1, 0.15) is 0 Å². The van der Waals surface area contributed by atoms with Crippen LogP contribution >= 0.6 is 0 Å². The average molecular weight is 278 g/mol. The van der Waals surface area contributed by atoms with E-state index in [2.05, 4.69) is 4.98 Å². The van der Waals surface area contributed by atoms with Crippen LogP contribution in [0.3, 0.4) is 0 Å². The first-order valence-electron chi connectivity index (χ1n) is 5.74. The van der Waals surface area contributed by atoms with Gasteiger partial charge >= 0.3 is 0 Å². The van der Waals surface area contributed by atoms with Crippen molar-refractivity contribution in [1.82, 2.24) is 4.98 Å². The summed E-state index contributed by atoms with van der Waals surface area (Å²) < 4.78 is 19.0. The third-order valence-corrected chi connectivity index (χ3v) is 2.58. The number of hydrogen-bond acceptors (Lipinski definition) is 5. The van der Waals surface area contributed by atoms with Crippen LogP contribution in [-0.4, -0.2) is 15.0 Å². The fourth-order valence-electron chi connectivity index (χ4n) is 1.60. The molecule has 0 fully saturated rings. The van der Waals surface area contributed by atoms with Crippen LogP contribution in [0.4, 0.5) is 10.1 Å². The second-order valence-electron chi connectivity index (χ2n) is 4.05. The van der Waals surface area contributed by atoms with Gasteiger partial charge in [-0.25, -0.2) is 9.37 Å². The quantitative estimate of drug-likeness (QED) is 0.686. The topological polar surface area (TPSA) is 85.5 Å². The summed E-state index contributed by atoms with van der Waals surface area (Å²) in [5.74, 6) is -1.02. The van der Waals surface area contributed by atoms with Gasteiger partial charge in [0.25, 0.3) is 5.69 Å². The summed E-state index contributed by atoms with van der Waals surface area (Å²) >= 11 is 0. The number of aromatic nitrogens is 1. The Morgan fingerprint density at radius 1 is 1.45 bits per heavy atom. The van der Waals surface area contributed by atoms with E-state index < -0.39 is 16.8 Å². The van der Waals surface area contributed by atoms with E-state index in [1.165, 1.54) is 13.1 Å². The maximum absolute atomic E-state index is 13.7. The molecular weight excluding hydrogens is 267 g/mol. The highest BCUT2D eigenvalue weighted by Crippen LogP contribution is 2.30. The second kappa shape index (κ2) is 5.62. The first kappa shape index (κ1) is 13.9. The number of halogens is 1. The third kappa shape index (κ3) is 2.89. The minimum atomic E-state index is -0.874. The lowest BCUT2D eigenvalue weighted by molar-refractivity contribution is -0.385. The zero-order valence-corrected chi connectivity index (χ0v) is 10.5. The van der Waals surface area contributed by atoms with E-state index in [0.717, 1.165) is 18.2 Å². The predicted molar refractivity (Wildman–Crippen MR) is 68.0 cm³/mol. The molecule has 6 nitrogen and oxygen atoms in total. The number of nitro groups is 1. The highest BCUT2D eigenvalue weighted by molar-refractivity contribution is 5.40. The van der Waals surface area contributed by atoms with Gasteiger partial charge in [0.2, 0.25) is 5.88 Å². The Hall–Kier alpha value is -2.54. The minimum absolute atomic E-state index is 0.0512. The van der Waals surface area contributed by atoms with Crippen molar-refractivity contribution in [1.29, 1.82) is 0 Å². The number of ether oxygens (including phenoxy) is 1. The Labute approximate surface area is 113 Å².